The van der Waals surface area contributed by atoms with Gasteiger partial charge in [-0.05, 0) is 41.8 Å². The number of hydrogen-bond acceptors (Lipinski definition) is 3. The summed E-state index contributed by atoms with van der Waals surface area (Å²) in [5.41, 5.74) is 2.93. The Hall–Kier alpha value is -1.56. The predicted molar refractivity (Wildman–Crippen MR) is 84.1 cm³/mol. The zero-order valence-electron chi connectivity index (χ0n) is 11.3. The Morgan fingerprint density at radius 2 is 1.90 bits per heavy atom. The SMILES string of the molecule is O=S(=O)(NCc1ccc(Cl)cc1)c1ccc2c(c1)NCC2. The van der Waals surface area contributed by atoms with Crippen molar-refractivity contribution in [2.45, 2.75) is 17.9 Å². The highest BCUT2D eigenvalue weighted by molar-refractivity contribution is 7.89. The summed E-state index contributed by atoms with van der Waals surface area (Å²) in [4.78, 5) is 0.282. The molecule has 2 aromatic carbocycles. The van der Waals surface area contributed by atoms with Crippen LogP contribution in [0.4, 0.5) is 5.69 Å². The molecule has 0 saturated heterocycles. The summed E-state index contributed by atoms with van der Waals surface area (Å²) in [7, 11) is -3.51. The second kappa shape index (κ2) is 5.67. The van der Waals surface area contributed by atoms with Crippen LogP contribution < -0.4 is 10.0 Å². The zero-order valence-corrected chi connectivity index (χ0v) is 12.8. The first-order valence-corrected chi connectivity index (χ1v) is 8.52. The van der Waals surface area contributed by atoms with Crippen molar-refractivity contribution in [2.75, 3.05) is 11.9 Å². The first-order chi connectivity index (χ1) is 10.0. The number of benzene rings is 2. The first kappa shape index (κ1) is 14.4. The lowest BCUT2D eigenvalue weighted by Crippen LogP contribution is -2.23. The second-order valence-corrected chi connectivity index (χ2v) is 7.15. The van der Waals surface area contributed by atoms with E-state index >= 15 is 0 Å². The summed E-state index contributed by atoms with van der Waals surface area (Å²) in [6, 6.07) is 12.3. The molecule has 21 heavy (non-hydrogen) atoms. The van der Waals surface area contributed by atoms with E-state index in [0.717, 1.165) is 29.8 Å². The highest BCUT2D eigenvalue weighted by atomic mass is 35.5. The number of sulfonamides is 1. The van der Waals surface area contributed by atoms with E-state index in [9.17, 15) is 8.42 Å². The van der Waals surface area contributed by atoms with Crippen molar-refractivity contribution in [1.29, 1.82) is 0 Å². The topological polar surface area (TPSA) is 58.2 Å². The van der Waals surface area contributed by atoms with Crippen LogP contribution in [0.3, 0.4) is 0 Å². The minimum absolute atomic E-state index is 0.240. The lowest BCUT2D eigenvalue weighted by molar-refractivity contribution is 0.581. The van der Waals surface area contributed by atoms with Crippen molar-refractivity contribution in [3.05, 3.63) is 58.6 Å². The molecule has 0 radical (unpaired) electrons. The van der Waals surface area contributed by atoms with E-state index in [1.807, 2.05) is 6.07 Å². The van der Waals surface area contributed by atoms with Crippen LogP contribution in [0.2, 0.25) is 5.02 Å². The Labute approximate surface area is 129 Å². The van der Waals surface area contributed by atoms with Gasteiger partial charge in [0, 0.05) is 23.8 Å². The van der Waals surface area contributed by atoms with E-state index in [-0.39, 0.29) is 11.4 Å². The van der Waals surface area contributed by atoms with Gasteiger partial charge in [0.2, 0.25) is 10.0 Å². The van der Waals surface area contributed by atoms with Crippen LogP contribution >= 0.6 is 11.6 Å². The van der Waals surface area contributed by atoms with Crippen molar-refractivity contribution in [2.24, 2.45) is 0 Å². The molecule has 0 fully saturated rings. The molecule has 6 heteroatoms. The molecule has 0 saturated carbocycles. The fourth-order valence-corrected chi connectivity index (χ4v) is 3.47. The molecule has 0 aliphatic carbocycles. The van der Waals surface area contributed by atoms with E-state index in [1.165, 1.54) is 0 Å². The lowest BCUT2D eigenvalue weighted by atomic mass is 10.2. The Morgan fingerprint density at radius 3 is 2.67 bits per heavy atom. The normalized spacial score (nSPS) is 13.8. The Kier molecular flexibility index (Phi) is 3.89. The molecule has 1 aliphatic heterocycles. The maximum absolute atomic E-state index is 12.3. The van der Waals surface area contributed by atoms with Crippen LogP contribution in [-0.4, -0.2) is 15.0 Å². The third-order valence-electron chi connectivity index (χ3n) is 3.48. The Balaban J connectivity index is 1.76. The van der Waals surface area contributed by atoms with Crippen LogP contribution in [0, 0.1) is 0 Å². The van der Waals surface area contributed by atoms with Gasteiger partial charge in [0.25, 0.3) is 0 Å². The zero-order chi connectivity index (χ0) is 14.9. The molecule has 110 valence electrons. The number of anilines is 1. The van der Waals surface area contributed by atoms with Crippen molar-refractivity contribution in [3.63, 3.8) is 0 Å². The highest BCUT2D eigenvalue weighted by Gasteiger charge is 2.17. The number of hydrogen-bond donors (Lipinski definition) is 2. The summed E-state index contributed by atoms with van der Waals surface area (Å²) in [6.07, 6.45) is 0.938. The first-order valence-electron chi connectivity index (χ1n) is 6.65. The summed E-state index contributed by atoms with van der Waals surface area (Å²) in [5.74, 6) is 0. The number of fused-ring (bicyclic) bond motifs is 1. The van der Waals surface area contributed by atoms with Gasteiger partial charge in [-0.25, -0.2) is 13.1 Å². The molecule has 1 aliphatic rings. The standard InChI is InChI=1S/C15H15ClN2O2S/c16-13-4-1-11(2-5-13)10-18-21(19,20)14-6-3-12-7-8-17-15(12)9-14/h1-6,9,17-18H,7-8,10H2. The van der Waals surface area contributed by atoms with Gasteiger partial charge < -0.3 is 5.32 Å². The van der Waals surface area contributed by atoms with Gasteiger partial charge in [-0.1, -0.05) is 29.8 Å². The van der Waals surface area contributed by atoms with E-state index in [0.29, 0.717) is 5.02 Å². The molecule has 0 amide bonds. The molecule has 4 nitrogen and oxygen atoms in total. The van der Waals surface area contributed by atoms with Gasteiger partial charge in [0.05, 0.1) is 4.90 Å². The fourth-order valence-electron chi connectivity index (χ4n) is 2.30. The van der Waals surface area contributed by atoms with Gasteiger partial charge in [-0.2, -0.15) is 0 Å². The van der Waals surface area contributed by atoms with Crippen molar-refractivity contribution < 1.29 is 8.42 Å². The van der Waals surface area contributed by atoms with Crippen molar-refractivity contribution in [1.82, 2.24) is 4.72 Å². The molecular formula is C15H15ClN2O2S. The molecule has 0 bridgehead atoms. The van der Waals surface area contributed by atoms with Crippen LogP contribution in [0.5, 0.6) is 0 Å². The molecule has 0 spiro atoms. The molecular weight excluding hydrogens is 308 g/mol. The quantitative estimate of drug-likeness (QED) is 0.910. The Bertz CT molecular complexity index is 758. The van der Waals surface area contributed by atoms with Crippen molar-refractivity contribution >= 4 is 27.3 Å². The van der Waals surface area contributed by atoms with Gasteiger partial charge >= 0.3 is 0 Å². The van der Waals surface area contributed by atoms with Crippen LogP contribution in [0.15, 0.2) is 47.4 Å². The summed E-state index contributed by atoms with van der Waals surface area (Å²) in [5, 5.41) is 3.82. The van der Waals surface area contributed by atoms with E-state index in [2.05, 4.69) is 10.0 Å². The maximum atomic E-state index is 12.3. The van der Waals surface area contributed by atoms with Crippen LogP contribution in [0.1, 0.15) is 11.1 Å². The summed E-state index contributed by atoms with van der Waals surface area (Å²) in [6.45, 7) is 1.10. The maximum Gasteiger partial charge on any atom is 0.240 e. The molecule has 0 aromatic heterocycles. The number of nitrogens with one attached hydrogen (secondary N) is 2. The van der Waals surface area contributed by atoms with Crippen LogP contribution in [-0.2, 0) is 23.0 Å². The molecule has 3 rings (SSSR count). The molecule has 2 N–H and O–H groups in total. The smallest absolute Gasteiger partial charge is 0.240 e. The monoisotopic (exact) mass is 322 g/mol. The fraction of sp³-hybridized carbons (Fsp3) is 0.200. The second-order valence-electron chi connectivity index (χ2n) is 4.95. The van der Waals surface area contributed by atoms with E-state index in [1.54, 1.807) is 36.4 Å². The van der Waals surface area contributed by atoms with Gasteiger partial charge in [-0.15, -0.1) is 0 Å². The molecule has 2 aromatic rings. The third kappa shape index (κ3) is 3.20. The predicted octanol–water partition coefficient (Wildman–Crippen LogP) is 2.79. The number of rotatable bonds is 4. The van der Waals surface area contributed by atoms with Crippen LogP contribution in [0.25, 0.3) is 0 Å². The van der Waals surface area contributed by atoms with E-state index in [4.69, 9.17) is 11.6 Å². The van der Waals surface area contributed by atoms with Gasteiger partial charge in [0.15, 0.2) is 0 Å². The molecule has 1 heterocycles. The molecule has 0 unspecified atom stereocenters. The van der Waals surface area contributed by atoms with E-state index < -0.39 is 10.0 Å². The van der Waals surface area contributed by atoms with Gasteiger partial charge in [0.1, 0.15) is 0 Å². The van der Waals surface area contributed by atoms with Crippen molar-refractivity contribution in [3.8, 4) is 0 Å². The summed E-state index contributed by atoms with van der Waals surface area (Å²) >= 11 is 5.81. The number of halogens is 1. The molecule has 0 atom stereocenters. The largest absolute Gasteiger partial charge is 0.384 e. The minimum atomic E-state index is -3.51. The average molecular weight is 323 g/mol. The minimum Gasteiger partial charge on any atom is -0.384 e. The summed E-state index contributed by atoms with van der Waals surface area (Å²) < 4.78 is 27.2. The van der Waals surface area contributed by atoms with Gasteiger partial charge in [-0.3, -0.25) is 0 Å². The third-order valence-corrected chi connectivity index (χ3v) is 5.13. The Morgan fingerprint density at radius 1 is 1.14 bits per heavy atom. The lowest BCUT2D eigenvalue weighted by Gasteiger charge is -2.09. The average Bonchev–Trinajstić information content (AvgIpc) is 2.94. The highest BCUT2D eigenvalue weighted by Crippen LogP contribution is 2.25.